The van der Waals surface area contributed by atoms with Gasteiger partial charge in [-0.25, -0.2) is 4.57 Å². The van der Waals surface area contributed by atoms with Gasteiger partial charge in [0.1, 0.15) is 5.75 Å². The molecule has 0 aliphatic carbocycles. The summed E-state index contributed by atoms with van der Waals surface area (Å²) in [5, 5.41) is 0.546. The number of benzene rings is 1. The van der Waals surface area contributed by atoms with Crippen molar-refractivity contribution in [3.05, 3.63) is 30.0 Å². The van der Waals surface area contributed by atoms with Crippen LogP contribution in [0.1, 0.15) is 9.68 Å². The normalized spacial score (nSPS) is 15.3. The van der Waals surface area contributed by atoms with E-state index in [4.69, 9.17) is 18.4 Å². The topological polar surface area (TPSA) is 85.8 Å². The Morgan fingerprint density at radius 3 is 3.00 bits per heavy atom. The maximum absolute atomic E-state index is 11.1. The van der Waals surface area contributed by atoms with Crippen LogP contribution in [0.3, 0.4) is 0 Å². The lowest BCUT2D eigenvalue weighted by molar-refractivity contribution is 0.284. The highest BCUT2D eigenvalue weighted by atomic mass is 31.2. The van der Waals surface area contributed by atoms with Crippen LogP contribution >= 0.6 is 7.82 Å². The highest BCUT2D eigenvalue weighted by Crippen LogP contribution is 2.41. The first-order valence-electron chi connectivity index (χ1n) is 7.13. The average molecular weight is 287 g/mol. The zero-order valence-corrected chi connectivity index (χ0v) is 11.2. The average Bonchev–Trinajstić information content (AvgIpc) is 2.77. The van der Waals surface area contributed by atoms with Crippen LogP contribution in [0.4, 0.5) is 0 Å². The smallest absolute Gasteiger partial charge is 0.404 e. The molecule has 7 heteroatoms. The fourth-order valence-electron chi connectivity index (χ4n) is 1.91. The lowest BCUT2D eigenvalue weighted by Gasteiger charge is -2.11. The number of phosphoric ester groups is 1. The Bertz CT molecular complexity index is 710. The van der Waals surface area contributed by atoms with Crippen molar-refractivity contribution >= 4 is 18.7 Å². The minimum absolute atomic E-state index is 0.0682. The maximum atomic E-state index is 11.1. The fraction of sp³-hybridized carbons (Fsp3) is 0.333. The van der Waals surface area contributed by atoms with Gasteiger partial charge in [-0.05, 0) is 38.1 Å². The van der Waals surface area contributed by atoms with E-state index >= 15 is 0 Å². The van der Waals surface area contributed by atoms with Gasteiger partial charge in [-0.3, -0.25) is 9.79 Å². The van der Waals surface area contributed by atoms with Crippen molar-refractivity contribution in [2.45, 2.75) is 6.42 Å². The second-order valence-corrected chi connectivity index (χ2v) is 5.41. The van der Waals surface area contributed by atoms with E-state index in [0.29, 0.717) is 17.3 Å². The molecule has 0 saturated carbocycles. The highest BCUT2D eigenvalue weighted by Gasteiger charge is 2.19. The lowest BCUT2D eigenvalue weighted by atomic mass is 10.1. The van der Waals surface area contributed by atoms with Crippen molar-refractivity contribution in [1.82, 2.24) is 9.88 Å². The lowest BCUT2D eigenvalue weighted by Crippen LogP contribution is -2.14. The summed E-state index contributed by atoms with van der Waals surface area (Å²) in [5.74, 6) is 0.0682. The van der Waals surface area contributed by atoms with Crippen molar-refractivity contribution in [3.63, 3.8) is 0 Å². The summed E-state index contributed by atoms with van der Waals surface area (Å²) >= 11 is 0. The zero-order valence-electron chi connectivity index (χ0n) is 13.3. The Balaban J connectivity index is 2.29. The molecule has 0 fully saturated rings. The molecule has 0 bridgehead atoms. The number of nitrogens with one attached hydrogen (secondary N) is 1. The van der Waals surface area contributed by atoms with Gasteiger partial charge in [0, 0.05) is 27.8 Å². The molecule has 0 spiro atoms. The minimum atomic E-state index is -4.67. The van der Waals surface area contributed by atoms with E-state index in [2.05, 4.69) is 4.98 Å². The number of hydrogen-bond donors (Lipinski definition) is 3. The molecular formula is C12H17N2O4P. The third kappa shape index (κ3) is 3.58. The Labute approximate surface area is 115 Å². The molecule has 0 aliphatic rings. The van der Waals surface area contributed by atoms with Gasteiger partial charge in [-0.1, -0.05) is 6.07 Å². The van der Waals surface area contributed by atoms with E-state index in [1.165, 1.54) is 18.0 Å². The van der Waals surface area contributed by atoms with E-state index in [9.17, 15) is 4.57 Å². The summed E-state index contributed by atoms with van der Waals surface area (Å²) in [6, 6.07) is 4.83. The van der Waals surface area contributed by atoms with Crippen LogP contribution in [-0.2, 0) is 11.0 Å². The Kier molecular flexibility index (Phi) is 2.94. The number of likely N-dealkylation sites (N-methyl/N-ethyl adjacent to an activating group) is 1. The van der Waals surface area contributed by atoms with E-state index in [0.717, 1.165) is 5.56 Å². The highest BCUT2D eigenvalue weighted by molar-refractivity contribution is 7.46. The number of nitrogens with zero attached hydrogens (tertiary/aromatic N) is 1. The van der Waals surface area contributed by atoms with Crippen LogP contribution in [0.15, 0.2) is 24.4 Å². The SMILES string of the molecule is [2H]C([2H])([2H])N(C)CCc1c[nH]c2cccc(OP(=O)(O)O)c12. The monoisotopic (exact) mass is 287 g/mol. The van der Waals surface area contributed by atoms with Crippen LogP contribution < -0.4 is 4.52 Å². The Hall–Kier alpha value is -1.33. The molecule has 0 aliphatic heterocycles. The third-order valence-electron chi connectivity index (χ3n) is 2.68. The predicted octanol–water partition coefficient (Wildman–Crippen LogP) is 1.74. The molecule has 1 heterocycles. The summed E-state index contributed by atoms with van der Waals surface area (Å²) in [4.78, 5) is 22.2. The number of phosphoric acid groups is 1. The molecule has 1 aromatic carbocycles. The molecule has 0 amide bonds. The van der Waals surface area contributed by atoms with Crippen molar-refractivity contribution in [2.75, 3.05) is 20.6 Å². The Morgan fingerprint density at radius 1 is 1.53 bits per heavy atom. The number of aromatic amines is 1. The number of aromatic nitrogens is 1. The standard InChI is InChI=1S/C12H17N2O4P/c1-14(2)7-6-9-8-13-10-4-3-5-11(12(9)10)18-19(15,16)17/h3-5,8,13H,6-7H2,1-2H3,(H2,15,16,17)/i1D3. The van der Waals surface area contributed by atoms with Crippen molar-refractivity contribution in [2.24, 2.45) is 0 Å². The summed E-state index contributed by atoms with van der Waals surface area (Å²) in [6.45, 7) is -1.91. The quantitative estimate of drug-likeness (QED) is 0.729. The van der Waals surface area contributed by atoms with Crippen molar-refractivity contribution < 1.29 is 23.0 Å². The van der Waals surface area contributed by atoms with Gasteiger partial charge in [-0.15, -0.1) is 0 Å². The fourth-order valence-corrected chi connectivity index (χ4v) is 2.32. The zero-order chi connectivity index (χ0) is 16.5. The minimum Gasteiger partial charge on any atom is -0.404 e. The molecule has 104 valence electrons. The number of H-pyrrole nitrogens is 1. The molecule has 3 N–H and O–H groups in total. The van der Waals surface area contributed by atoms with Gasteiger partial charge in [0.15, 0.2) is 0 Å². The van der Waals surface area contributed by atoms with Gasteiger partial charge in [0.05, 0.1) is 0 Å². The van der Waals surface area contributed by atoms with E-state index in [-0.39, 0.29) is 12.3 Å². The van der Waals surface area contributed by atoms with E-state index < -0.39 is 14.8 Å². The number of hydrogen-bond acceptors (Lipinski definition) is 3. The van der Waals surface area contributed by atoms with Crippen molar-refractivity contribution in [3.8, 4) is 5.75 Å². The summed E-state index contributed by atoms with van der Waals surface area (Å²) in [6.07, 6.45) is 2.08. The summed E-state index contributed by atoms with van der Waals surface area (Å²) < 4.78 is 37.7. The van der Waals surface area contributed by atoms with Gasteiger partial charge >= 0.3 is 7.82 Å². The first kappa shape index (κ1) is 10.5. The largest absolute Gasteiger partial charge is 0.524 e. The molecular weight excluding hydrogens is 267 g/mol. The van der Waals surface area contributed by atoms with Crippen LogP contribution in [0, 0.1) is 0 Å². The number of fused-ring (bicyclic) bond motifs is 1. The van der Waals surface area contributed by atoms with Crippen molar-refractivity contribution in [1.29, 1.82) is 0 Å². The molecule has 0 saturated heterocycles. The van der Waals surface area contributed by atoms with Gasteiger partial charge in [0.2, 0.25) is 0 Å². The molecule has 2 aromatic rings. The predicted molar refractivity (Wildman–Crippen MR) is 73.2 cm³/mol. The van der Waals surface area contributed by atoms with Crippen LogP contribution in [0.2, 0.25) is 0 Å². The molecule has 0 unspecified atom stereocenters. The first-order valence-corrected chi connectivity index (χ1v) is 7.16. The van der Waals surface area contributed by atoms with Crippen LogP contribution in [-0.4, -0.2) is 40.2 Å². The second-order valence-electron chi connectivity index (χ2n) is 4.25. The molecule has 2 rings (SSSR count). The second kappa shape index (κ2) is 5.35. The summed E-state index contributed by atoms with van der Waals surface area (Å²) in [5.41, 5.74) is 1.40. The molecule has 19 heavy (non-hydrogen) atoms. The van der Waals surface area contributed by atoms with Gasteiger partial charge in [-0.2, -0.15) is 0 Å². The summed E-state index contributed by atoms with van der Waals surface area (Å²) in [7, 11) is -3.17. The molecule has 6 nitrogen and oxygen atoms in total. The molecule has 1 aromatic heterocycles. The molecule has 0 radical (unpaired) electrons. The molecule has 0 atom stereocenters. The number of rotatable bonds is 5. The maximum Gasteiger partial charge on any atom is 0.524 e. The van der Waals surface area contributed by atoms with Crippen LogP contribution in [0.5, 0.6) is 5.75 Å². The Morgan fingerprint density at radius 2 is 2.32 bits per heavy atom. The third-order valence-corrected chi connectivity index (χ3v) is 3.12. The van der Waals surface area contributed by atoms with Gasteiger partial charge < -0.3 is 14.4 Å². The van der Waals surface area contributed by atoms with E-state index in [1.54, 1.807) is 18.3 Å². The first-order chi connectivity index (χ1) is 10.1. The van der Waals surface area contributed by atoms with Gasteiger partial charge in [0.25, 0.3) is 0 Å². The van der Waals surface area contributed by atoms with E-state index in [1.807, 2.05) is 0 Å². The van der Waals surface area contributed by atoms with Crippen LogP contribution in [0.25, 0.3) is 10.9 Å².